The van der Waals surface area contributed by atoms with Gasteiger partial charge in [-0.15, -0.1) is 0 Å². The van der Waals surface area contributed by atoms with Gasteiger partial charge in [0.25, 0.3) is 0 Å². The van der Waals surface area contributed by atoms with Crippen molar-refractivity contribution in [2.45, 2.75) is 19.8 Å². The Morgan fingerprint density at radius 2 is 1.92 bits per heavy atom. The van der Waals surface area contributed by atoms with Gasteiger partial charge in [0.2, 0.25) is 0 Å². The first-order chi connectivity index (χ1) is 6.06. The van der Waals surface area contributed by atoms with Gasteiger partial charge in [-0.25, -0.2) is 9.59 Å². The molecule has 0 spiro atoms. The van der Waals surface area contributed by atoms with Gasteiger partial charge in [0.15, 0.2) is 0 Å². The molecule has 0 fully saturated rings. The minimum absolute atomic E-state index is 0.145. The highest BCUT2D eigenvalue weighted by molar-refractivity contribution is 5.95. The minimum atomic E-state index is -1.26. The van der Waals surface area contributed by atoms with Crippen molar-refractivity contribution in [2.75, 3.05) is 0 Å². The van der Waals surface area contributed by atoms with Crippen molar-refractivity contribution < 1.29 is 24.2 Å². The molecule has 0 aromatic carbocycles. The molecule has 0 heterocycles. The van der Waals surface area contributed by atoms with Crippen LogP contribution >= 0.6 is 0 Å². The van der Waals surface area contributed by atoms with E-state index in [1.54, 1.807) is 6.92 Å². The fourth-order valence-electron chi connectivity index (χ4n) is 0.541. The van der Waals surface area contributed by atoms with Crippen LogP contribution in [0.2, 0.25) is 0 Å². The first kappa shape index (κ1) is 11.4. The zero-order chi connectivity index (χ0) is 10.3. The van der Waals surface area contributed by atoms with E-state index in [2.05, 4.69) is 4.74 Å². The highest BCUT2D eigenvalue weighted by atomic mass is 16.6. The number of hydrogen-bond donors (Lipinski definition) is 1. The molecule has 0 aliphatic heterocycles. The molecule has 5 heteroatoms. The van der Waals surface area contributed by atoms with E-state index < -0.39 is 17.9 Å². The van der Waals surface area contributed by atoms with Gasteiger partial charge in [-0.1, -0.05) is 6.92 Å². The number of carboxylic acid groups (broad SMARTS) is 1. The Bertz CT molecular complexity index is 241. The molecule has 1 N–H and O–H groups in total. The highest BCUT2D eigenvalue weighted by Crippen LogP contribution is 1.92. The molecular formula is C8H10O5. The number of esters is 2. The van der Waals surface area contributed by atoms with Crippen LogP contribution in [0, 0.1) is 0 Å². The van der Waals surface area contributed by atoms with Crippen LogP contribution in [0.15, 0.2) is 12.2 Å². The molecule has 0 aromatic rings. The van der Waals surface area contributed by atoms with Gasteiger partial charge in [0.1, 0.15) is 0 Å². The maximum Gasteiger partial charge on any atom is 0.338 e. The molecule has 0 aliphatic carbocycles. The summed E-state index contributed by atoms with van der Waals surface area (Å²) in [4.78, 5) is 31.2. The number of ether oxygens (including phenoxy) is 1. The van der Waals surface area contributed by atoms with Gasteiger partial charge < -0.3 is 9.84 Å². The third-order valence-corrected chi connectivity index (χ3v) is 1.03. The van der Waals surface area contributed by atoms with Gasteiger partial charge in [0.05, 0.1) is 0 Å². The smallest absolute Gasteiger partial charge is 0.338 e. The molecule has 0 amide bonds. The first-order valence-corrected chi connectivity index (χ1v) is 3.72. The SMILES string of the molecule is CCCC(=O)OC(=O)/C=C/C(=O)O. The maximum atomic E-state index is 10.7. The summed E-state index contributed by atoms with van der Waals surface area (Å²) < 4.78 is 4.21. The summed E-state index contributed by atoms with van der Waals surface area (Å²) in [6.07, 6.45) is 2.03. The van der Waals surface area contributed by atoms with Gasteiger partial charge in [0, 0.05) is 18.6 Å². The Hall–Kier alpha value is -1.65. The molecule has 0 atom stereocenters. The lowest BCUT2D eigenvalue weighted by Gasteiger charge is -1.96. The third-order valence-electron chi connectivity index (χ3n) is 1.03. The van der Waals surface area contributed by atoms with Crippen LogP contribution in [-0.4, -0.2) is 23.0 Å². The number of hydrogen-bond acceptors (Lipinski definition) is 4. The highest BCUT2D eigenvalue weighted by Gasteiger charge is 2.05. The molecular weight excluding hydrogens is 176 g/mol. The van der Waals surface area contributed by atoms with Crippen molar-refractivity contribution in [3.05, 3.63) is 12.2 Å². The molecule has 0 unspecified atom stereocenters. The number of rotatable bonds is 4. The molecule has 0 saturated carbocycles. The average molecular weight is 186 g/mol. The van der Waals surface area contributed by atoms with Crippen LogP contribution < -0.4 is 0 Å². The summed E-state index contributed by atoms with van der Waals surface area (Å²) in [7, 11) is 0. The Morgan fingerprint density at radius 3 is 2.38 bits per heavy atom. The predicted octanol–water partition coefficient (Wildman–Crippen LogP) is 0.497. The molecule has 0 radical (unpaired) electrons. The second-order valence-corrected chi connectivity index (χ2v) is 2.21. The lowest BCUT2D eigenvalue weighted by molar-refractivity contribution is -0.156. The Labute approximate surface area is 75.0 Å². The standard InChI is InChI=1S/C8H10O5/c1-2-3-7(11)13-8(12)5-4-6(9)10/h4-5H,2-3H2,1H3,(H,9,10)/b5-4+. The average Bonchev–Trinajstić information content (AvgIpc) is 2.01. The summed E-state index contributed by atoms with van der Waals surface area (Å²) in [6.45, 7) is 1.76. The summed E-state index contributed by atoms with van der Waals surface area (Å²) in [5, 5.41) is 8.12. The number of carbonyl (C=O) groups excluding carboxylic acids is 2. The van der Waals surface area contributed by atoms with Crippen molar-refractivity contribution in [2.24, 2.45) is 0 Å². The summed E-state index contributed by atoms with van der Waals surface area (Å²) in [6, 6.07) is 0. The van der Waals surface area contributed by atoms with Gasteiger partial charge in [-0.05, 0) is 6.42 Å². The van der Waals surface area contributed by atoms with Gasteiger partial charge in [-0.3, -0.25) is 4.79 Å². The van der Waals surface area contributed by atoms with E-state index in [0.29, 0.717) is 18.6 Å². The van der Waals surface area contributed by atoms with Gasteiger partial charge >= 0.3 is 17.9 Å². The second kappa shape index (κ2) is 5.93. The van der Waals surface area contributed by atoms with Crippen molar-refractivity contribution >= 4 is 17.9 Å². The second-order valence-electron chi connectivity index (χ2n) is 2.21. The van der Waals surface area contributed by atoms with Crippen molar-refractivity contribution in [1.82, 2.24) is 0 Å². The van der Waals surface area contributed by atoms with Crippen LogP contribution in [0.1, 0.15) is 19.8 Å². The molecule has 0 rings (SSSR count). The topological polar surface area (TPSA) is 80.7 Å². The molecule has 0 saturated heterocycles. The van der Waals surface area contributed by atoms with E-state index >= 15 is 0 Å². The van der Waals surface area contributed by atoms with Gasteiger partial charge in [-0.2, -0.15) is 0 Å². The van der Waals surface area contributed by atoms with Crippen LogP contribution in [0.25, 0.3) is 0 Å². The molecule has 0 aromatic heterocycles. The van der Waals surface area contributed by atoms with E-state index in [-0.39, 0.29) is 6.42 Å². The number of aliphatic carboxylic acids is 1. The molecule has 0 aliphatic rings. The van der Waals surface area contributed by atoms with E-state index in [1.807, 2.05) is 0 Å². The quantitative estimate of drug-likeness (QED) is 0.392. The van der Waals surface area contributed by atoms with Crippen molar-refractivity contribution in [1.29, 1.82) is 0 Å². The van der Waals surface area contributed by atoms with Crippen molar-refractivity contribution in [3.8, 4) is 0 Å². The van der Waals surface area contributed by atoms with E-state index in [4.69, 9.17) is 5.11 Å². The van der Waals surface area contributed by atoms with Crippen LogP contribution in [0.4, 0.5) is 0 Å². The van der Waals surface area contributed by atoms with Crippen LogP contribution in [0.5, 0.6) is 0 Å². The molecule has 72 valence electrons. The minimum Gasteiger partial charge on any atom is -0.478 e. The molecule has 0 bridgehead atoms. The molecule has 13 heavy (non-hydrogen) atoms. The first-order valence-electron chi connectivity index (χ1n) is 3.72. The normalized spacial score (nSPS) is 9.92. The fraction of sp³-hybridized carbons (Fsp3) is 0.375. The largest absolute Gasteiger partial charge is 0.478 e. The zero-order valence-electron chi connectivity index (χ0n) is 7.15. The summed E-state index contributed by atoms with van der Waals surface area (Å²) in [5.41, 5.74) is 0. The number of carboxylic acids is 1. The predicted molar refractivity (Wildman–Crippen MR) is 42.8 cm³/mol. The van der Waals surface area contributed by atoms with E-state index in [1.165, 1.54) is 0 Å². The van der Waals surface area contributed by atoms with Crippen molar-refractivity contribution in [3.63, 3.8) is 0 Å². The third kappa shape index (κ3) is 6.74. The summed E-state index contributed by atoms with van der Waals surface area (Å²) in [5.74, 6) is -2.87. The fourth-order valence-corrected chi connectivity index (χ4v) is 0.541. The van der Waals surface area contributed by atoms with E-state index in [0.717, 1.165) is 0 Å². The van der Waals surface area contributed by atoms with E-state index in [9.17, 15) is 14.4 Å². The summed E-state index contributed by atoms with van der Waals surface area (Å²) >= 11 is 0. The van der Waals surface area contributed by atoms with Crippen LogP contribution in [-0.2, 0) is 19.1 Å². The lowest BCUT2D eigenvalue weighted by Crippen LogP contribution is -2.09. The Balaban J connectivity index is 3.87. The zero-order valence-corrected chi connectivity index (χ0v) is 7.15. The Kier molecular flexibility index (Phi) is 5.18. The Morgan fingerprint density at radius 1 is 1.31 bits per heavy atom. The monoisotopic (exact) mass is 186 g/mol. The number of carbonyl (C=O) groups is 3. The lowest BCUT2D eigenvalue weighted by atomic mass is 10.3. The van der Waals surface area contributed by atoms with Crippen LogP contribution in [0.3, 0.4) is 0 Å². The maximum absolute atomic E-state index is 10.7. The molecule has 5 nitrogen and oxygen atoms in total.